The molecule has 1 heterocycles. The summed E-state index contributed by atoms with van der Waals surface area (Å²) in [4.78, 5) is 3.72. The topological polar surface area (TPSA) is 53.4 Å². The Bertz CT molecular complexity index is 238. The maximum absolute atomic E-state index is 8.69. The van der Waals surface area contributed by atoms with E-state index < -0.39 is 7.12 Å². The average Bonchev–Trinajstić information content (AvgIpc) is 1.88. The lowest BCUT2D eigenvalue weighted by Gasteiger charge is -1.98. The summed E-state index contributed by atoms with van der Waals surface area (Å²) >= 11 is 3.14. The summed E-state index contributed by atoms with van der Waals surface area (Å²) in [6.45, 7) is 0. The molecule has 0 amide bonds. The van der Waals surface area contributed by atoms with Gasteiger partial charge in [-0.3, -0.25) is 4.98 Å². The summed E-state index contributed by atoms with van der Waals surface area (Å²) in [6.07, 6.45) is 2.96. The van der Waals surface area contributed by atoms with E-state index in [4.69, 9.17) is 10.0 Å². The fraction of sp³-hybridized carbons (Fsp3) is 0. The van der Waals surface area contributed by atoms with Crippen molar-refractivity contribution in [1.82, 2.24) is 4.98 Å². The van der Waals surface area contributed by atoms with E-state index in [9.17, 15) is 0 Å². The second-order valence-corrected chi connectivity index (χ2v) is 2.63. The number of hydrogen-bond acceptors (Lipinski definition) is 3. The number of aromatic nitrogens is 1. The largest absolute Gasteiger partial charge is 0.491 e. The summed E-state index contributed by atoms with van der Waals surface area (Å²) in [7, 11) is -1.46. The first-order chi connectivity index (χ1) is 4.72. The number of nitrogens with zero attached hydrogens (tertiary/aromatic N) is 1. The maximum atomic E-state index is 8.69. The second-order valence-electron chi connectivity index (χ2n) is 1.77. The fourth-order valence-corrected chi connectivity index (χ4v) is 1.01. The zero-order valence-electron chi connectivity index (χ0n) is 5.85. The van der Waals surface area contributed by atoms with Crippen molar-refractivity contribution in [3.63, 3.8) is 0 Å². The van der Waals surface area contributed by atoms with Gasteiger partial charge in [-0.2, -0.15) is 0 Å². The van der Waals surface area contributed by atoms with Crippen LogP contribution < -0.4 is 5.46 Å². The summed E-state index contributed by atoms with van der Waals surface area (Å²) in [5, 5.41) is 17.4. The Morgan fingerprint density at radius 3 is 2.25 bits per heavy atom. The molecule has 0 aromatic carbocycles. The third-order valence-corrected chi connectivity index (χ3v) is 1.80. The standard InChI is InChI=1S/C5H5BBrNO2.2ClH/c7-5-1-2-8-3-4(5)6(9)10;;/h1-3,9-10H;2*1H. The van der Waals surface area contributed by atoms with Crippen molar-refractivity contribution in [2.45, 2.75) is 0 Å². The zero-order chi connectivity index (χ0) is 7.56. The molecule has 3 nitrogen and oxygen atoms in total. The highest BCUT2D eigenvalue weighted by molar-refractivity contribution is 9.10. The Morgan fingerprint density at radius 2 is 1.92 bits per heavy atom. The van der Waals surface area contributed by atoms with Gasteiger partial charge >= 0.3 is 7.12 Å². The first kappa shape index (κ1) is 14.7. The van der Waals surface area contributed by atoms with Crippen molar-refractivity contribution < 1.29 is 10.0 Å². The van der Waals surface area contributed by atoms with Crippen molar-refractivity contribution in [2.75, 3.05) is 0 Å². The van der Waals surface area contributed by atoms with Crippen LogP contribution in [0.2, 0.25) is 0 Å². The van der Waals surface area contributed by atoms with E-state index in [0.717, 1.165) is 0 Å². The van der Waals surface area contributed by atoms with Gasteiger partial charge in [0.2, 0.25) is 0 Å². The van der Waals surface area contributed by atoms with Gasteiger partial charge in [0.25, 0.3) is 0 Å². The van der Waals surface area contributed by atoms with E-state index in [-0.39, 0.29) is 24.8 Å². The fourth-order valence-electron chi connectivity index (χ4n) is 0.580. The molecule has 1 aromatic rings. The van der Waals surface area contributed by atoms with Gasteiger partial charge in [0.1, 0.15) is 0 Å². The summed E-state index contributed by atoms with van der Waals surface area (Å²) in [5.74, 6) is 0. The number of halogens is 3. The Kier molecular flexibility index (Phi) is 8.19. The molecule has 2 N–H and O–H groups in total. The molecule has 1 aromatic heterocycles. The number of rotatable bonds is 1. The van der Waals surface area contributed by atoms with Crippen LogP contribution in [0.15, 0.2) is 22.9 Å². The lowest BCUT2D eigenvalue weighted by atomic mass is 9.82. The SMILES string of the molecule is Cl.Cl.OB(O)c1cnccc1Br. The Labute approximate surface area is 91.3 Å². The highest BCUT2D eigenvalue weighted by atomic mass is 79.9. The van der Waals surface area contributed by atoms with Crippen LogP contribution in [-0.2, 0) is 0 Å². The van der Waals surface area contributed by atoms with E-state index in [0.29, 0.717) is 9.94 Å². The minimum Gasteiger partial charge on any atom is -0.423 e. The third kappa shape index (κ3) is 3.73. The molecular weight excluding hydrogens is 268 g/mol. The quantitative estimate of drug-likeness (QED) is 0.728. The molecule has 68 valence electrons. The monoisotopic (exact) mass is 273 g/mol. The molecule has 0 unspecified atom stereocenters. The molecule has 0 aliphatic rings. The highest BCUT2D eigenvalue weighted by Gasteiger charge is 2.13. The van der Waals surface area contributed by atoms with Gasteiger partial charge in [-0.25, -0.2) is 0 Å². The van der Waals surface area contributed by atoms with E-state index in [2.05, 4.69) is 20.9 Å². The molecule has 0 atom stereocenters. The van der Waals surface area contributed by atoms with Gasteiger partial charge in [0, 0.05) is 22.3 Å². The molecule has 12 heavy (non-hydrogen) atoms. The van der Waals surface area contributed by atoms with Crippen LogP contribution in [0.5, 0.6) is 0 Å². The summed E-state index contributed by atoms with van der Waals surface area (Å²) < 4.78 is 0.650. The van der Waals surface area contributed by atoms with Crippen LogP contribution in [0.4, 0.5) is 0 Å². The summed E-state index contributed by atoms with van der Waals surface area (Å²) in [5.41, 5.74) is 0.377. The Morgan fingerprint density at radius 1 is 1.33 bits per heavy atom. The third-order valence-electron chi connectivity index (χ3n) is 1.07. The van der Waals surface area contributed by atoms with Crippen molar-refractivity contribution >= 4 is 53.3 Å². The molecule has 0 saturated heterocycles. The number of pyridine rings is 1. The molecule has 0 bridgehead atoms. The summed E-state index contributed by atoms with van der Waals surface area (Å²) in [6, 6.07) is 1.65. The normalized spacial score (nSPS) is 7.92. The molecule has 0 fully saturated rings. The smallest absolute Gasteiger partial charge is 0.423 e. The zero-order valence-corrected chi connectivity index (χ0v) is 9.06. The van der Waals surface area contributed by atoms with Crippen molar-refractivity contribution in [2.24, 2.45) is 0 Å². The van der Waals surface area contributed by atoms with Crippen LogP contribution in [0.3, 0.4) is 0 Å². The molecule has 1 rings (SSSR count). The predicted molar refractivity (Wildman–Crippen MR) is 56.3 cm³/mol. The second kappa shape index (κ2) is 6.68. The van der Waals surface area contributed by atoms with Crippen molar-refractivity contribution in [3.8, 4) is 0 Å². The minimum atomic E-state index is -1.46. The first-order valence-electron chi connectivity index (χ1n) is 2.67. The molecule has 0 radical (unpaired) electrons. The van der Waals surface area contributed by atoms with E-state index in [1.54, 1.807) is 12.3 Å². The minimum absolute atomic E-state index is 0. The van der Waals surface area contributed by atoms with Gasteiger partial charge in [0.15, 0.2) is 0 Å². The first-order valence-corrected chi connectivity index (χ1v) is 3.46. The van der Waals surface area contributed by atoms with Crippen molar-refractivity contribution in [1.29, 1.82) is 0 Å². The Balaban J connectivity index is 0. The highest BCUT2D eigenvalue weighted by Crippen LogP contribution is 2.03. The van der Waals surface area contributed by atoms with E-state index in [1.807, 2.05) is 0 Å². The van der Waals surface area contributed by atoms with E-state index in [1.165, 1.54) is 6.20 Å². The number of hydrogen-bond donors (Lipinski definition) is 2. The Hall–Kier alpha value is 0.195. The molecular formula is C5H7BBrCl2NO2. The van der Waals surface area contributed by atoms with E-state index >= 15 is 0 Å². The van der Waals surface area contributed by atoms with Crippen LogP contribution >= 0.6 is 40.7 Å². The average molecular weight is 275 g/mol. The van der Waals surface area contributed by atoms with Gasteiger partial charge in [0.05, 0.1) is 0 Å². The lowest BCUT2D eigenvalue weighted by molar-refractivity contribution is 0.425. The van der Waals surface area contributed by atoms with Gasteiger partial charge in [-0.1, -0.05) is 15.9 Å². The molecule has 0 aliphatic carbocycles. The maximum Gasteiger partial charge on any atom is 0.491 e. The predicted octanol–water partition coefficient (Wildman–Crippen LogP) is 0.368. The molecule has 0 spiro atoms. The van der Waals surface area contributed by atoms with Gasteiger partial charge < -0.3 is 10.0 Å². The molecule has 0 saturated carbocycles. The van der Waals surface area contributed by atoms with Crippen molar-refractivity contribution in [3.05, 3.63) is 22.9 Å². The lowest BCUT2D eigenvalue weighted by Crippen LogP contribution is -2.31. The van der Waals surface area contributed by atoms with Crippen LogP contribution in [-0.4, -0.2) is 22.2 Å². The van der Waals surface area contributed by atoms with Crippen LogP contribution in [0.1, 0.15) is 0 Å². The van der Waals surface area contributed by atoms with Gasteiger partial charge in [-0.15, -0.1) is 24.8 Å². The van der Waals surface area contributed by atoms with Crippen LogP contribution in [0, 0.1) is 0 Å². The van der Waals surface area contributed by atoms with Gasteiger partial charge in [-0.05, 0) is 6.07 Å². The van der Waals surface area contributed by atoms with Crippen LogP contribution in [0.25, 0.3) is 0 Å². The molecule has 0 aliphatic heterocycles. The molecule has 7 heteroatoms.